The molecule has 158 valence electrons. The Hall–Kier alpha value is -3.12. The van der Waals surface area contributed by atoms with E-state index in [9.17, 15) is 17.6 Å². The molecule has 1 aliphatic rings. The van der Waals surface area contributed by atoms with Crippen LogP contribution in [0.15, 0.2) is 33.6 Å². The zero-order valence-corrected chi connectivity index (χ0v) is 17.1. The Labute approximate surface area is 171 Å². The van der Waals surface area contributed by atoms with Gasteiger partial charge < -0.3 is 9.73 Å². The Bertz CT molecular complexity index is 1210. The van der Waals surface area contributed by atoms with Gasteiger partial charge in [0.25, 0.3) is 5.91 Å². The van der Waals surface area contributed by atoms with Gasteiger partial charge in [-0.1, -0.05) is 0 Å². The molecule has 3 aromatic rings. The lowest BCUT2D eigenvalue weighted by Crippen LogP contribution is -2.28. The molecular formula is C18H19FN6O4S. The maximum atomic E-state index is 14.3. The van der Waals surface area contributed by atoms with E-state index in [0.29, 0.717) is 24.6 Å². The quantitative estimate of drug-likeness (QED) is 0.652. The number of aryl methyl sites for hydroxylation is 2. The van der Waals surface area contributed by atoms with Crippen molar-refractivity contribution in [3.63, 3.8) is 0 Å². The summed E-state index contributed by atoms with van der Waals surface area (Å²) in [6, 6.07) is 5.18. The Morgan fingerprint density at radius 1 is 1.20 bits per heavy atom. The molecule has 1 aromatic carbocycles. The van der Waals surface area contributed by atoms with Gasteiger partial charge in [-0.25, -0.2) is 12.8 Å². The monoisotopic (exact) mass is 434 g/mol. The van der Waals surface area contributed by atoms with Crippen molar-refractivity contribution < 1.29 is 22.0 Å². The Morgan fingerprint density at radius 2 is 1.93 bits per heavy atom. The molecule has 1 amide bonds. The molecule has 0 aliphatic carbocycles. The number of hydrogen-bond acceptors (Lipinski definition) is 7. The molecular weight excluding hydrogens is 415 g/mol. The van der Waals surface area contributed by atoms with Gasteiger partial charge in [0.05, 0.1) is 11.4 Å². The molecule has 0 unspecified atom stereocenters. The second-order valence-electron chi connectivity index (χ2n) is 6.90. The summed E-state index contributed by atoms with van der Waals surface area (Å²) in [7, 11) is -3.74. The molecule has 1 N–H and O–H groups in total. The number of carbonyl (C=O) groups excluding carboxylic acids is 1. The average Bonchev–Trinajstić information content (AvgIpc) is 3.44. The summed E-state index contributed by atoms with van der Waals surface area (Å²) in [5.74, 6) is -1.09. The third kappa shape index (κ3) is 3.59. The fourth-order valence-electron chi connectivity index (χ4n) is 3.30. The lowest BCUT2D eigenvalue weighted by molar-refractivity contribution is 0.0995. The highest BCUT2D eigenvalue weighted by Crippen LogP contribution is 2.27. The number of furan rings is 1. The molecule has 1 aliphatic heterocycles. The molecule has 0 spiro atoms. The number of nitrogens with one attached hydrogen (secondary N) is 1. The fraction of sp³-hybridized carbons (Fsp3) is 0.333. The lowest BCUT2D eigenvalue weighted by atomic mass is 10.2. The second-order valence-corrected chi connectivity index (χ2v) is 8.80. The number of nitrogens with zero attached hydrogens (tertiary/aromatic N) is 5. The number of aromatic nitrogens is 4. The first-order valence-electron chi connectivity index (χ1n) is 9.24. The predicted molar refractivity (Wildman–Crippen MR) is 103 cm³/mol. The molecule has 4 rings (SSSR count). The number of amides is 1. The molecule has 1 fully saturated rings. The SMILES string of the molecule is Cc1oc(C(=O)Nc2cc(-n3nnnc3C)ccc2F)cc1S(=O)(=O)N1CCCC1. The number of hydrogen-bond donors (Lipinski definition) is 1. The number of sulfonamides is 1. The largest absolute Gasteiger partial charge is 0.455 e. The minimum Gasteiger partial charge on any atom is -0.455 e. The van der Waals surface area contributed by atoms with E-state index in [0.717, 1.165) is 12.8 Å². The summed E-state index contributed by atoms with van der Waals surface area (Å²) in [5, 5.41) is 13.5. The van der Waals surface area contributed by atoms with Crippen molar-refractivity contribution in [2.45, 2.75) is 31.6 Å². The molecule has 2 aromatic heterocycles. The number of halogens is 1. The molecule has 0 bridgehead atoms. The van der Waals surface area contributed by atoms with E-state index in [1.165, 1.54) is 40.2 Å². The summed E-state index contributed by atoms with van der Waals surface area (Å²) in [5.41, 5.74) is 0.326. The summed E-state index contributed by atoms with van der Waals surface area (Å²) in [4.78, 5) is 12.6. The molecule has 3 heterocycles. The first-order chi connectivity index (χ1) is 14.3. The van der Waals surface area contributed by atoms with Gasteiger partial charge in [-0.05, 0) is 55.3 Å². The van der Waals surface area contributed by atoms with Gasteiger partial charge >= 0.3 is 0 Å². The van der Waals surface area contributed by atoms with Gasteiger partial charge in [-0.15, -0.1) is 5.10 Å². The highest BCUT2D eigenvalue weighted by molar-refractivity contribution is 7.89. The van der Waals surface area contributed by atoms with Gasteiger partial charge in [-0.2, -0.15) is 8.99 Å². The first kappa shape index (κ1) is 20.2. The lowest BCUT2D eigenvalue weighted by Gasteiger charge is -2.14. The van der Waals surface area contributed by atoms with Crippen LogP contribution in [0.2, 0.25) is 0 Å². The van der Waals surface area contributed by atoms with Crippen molar-refractivity contribution in [3.8, 4) is 5.69 Å². The Kier molecular flexibility index (Phi) is 5.12. The fourth-order valence-corrected chi connectivity index (χ4v) is 4.97. The van der Waals surface area contributed by atoms with E-state index in [2.05, 4.69) is 20.8 Å². The Balaban J connectivity index is 1.60. The maximum Gasteiger partial charge on any atom is 0.291 e. The van der Waals surface area contributed by atoms with Crippen LogP contribution in [0.5, 0.6) is 0 Å². The van der Waals surface area contributed by atoms with Crippen LogP contribution in [0.4, 0.5) is 10.1 Å². The van der Waals surface area contributed by atoms with E-state index >= 15 is 0 Å². The second kappa shape index (κ2) is 7.61. The van der Waals surface area contributed by atoms with E-state index in [-0.39, 0.29) is 22.1 Å². The smallest absolute Gasteiger partial charge is 0.291 e. The van der Waals surface area contributed by atoms with E-state index in [1.807, 2.05) is 0 Å². The summed E-state index contributed by atoms with van der Waals surface area (Å²) in [6.07, 6.45) is 1.58. The van der Waals surface area contributed by atoms with E-state index in [4.69, 9.17) is 4.42 Å². The van der Waals surface area contributed by atoms with Crippen molar-refractivity contribution in [2.24, 2.45) is 0 Å². The molecule has 10 nitrogen and oxygen atoms in total. The number of benzene rings is 1. The minimum absolute atomic E-state index is 0.0620. The summed E-state index contributed by atoms with van der Waals surface area (Å²) < 4.78 is 47.9. The van der Waals surface area contributed by atoms with Crippen LogP contribution in [0.1, 0.15) is 35.0 Å². The topological polar surface area (TPSA) is 123 Å². The van der Waals surface area contributed by atoms with Crippen LogP contribution in [-0.4, -0.2) is 51.9 Å². The number of rotatable bonds is 5. The normalized spacial score (nSPS) is 14.9. The molecule has 1 saturated heterocycles. The van der Waals surface area contributed by atoms with Crippen LogP contribution in [0.3, 0.4) is 0 Å². The van der Waals surface area contributed by atoms with Crippen LogP contribution >= 0.6 is 0 Å². The number of tetrazole rings is 1. The summed E-state index contributed by atoms with van der Waals surface area (Å²) >= 11 is 0. The molecule has 12 heteroatoms. The van der Waals surface area contributed by atoms with Crippen LogP contribution in [-0.2, 0) is 10.0 Å². The molecule has 0 radical (unpaired) electrons. The van der Waals surface area contributed by atoms with Crippen LogP contribution in [0, 0.1) is 19.7 Å². The van der Waals surface area contributed by atoms with Crippen molar-refractivity contribution >= 4 is 21.6 Å². The van der Waals surface area contributed by atoms with Crippen LogP contribution < -0.4 is 5.32 Å². The van der Waals surface area contributed by atoms with Gasteiger partial charge in [0.1, 0.15) is 16.5 Å². The van der Waals surface area contributed by atoms with Gasteiger partial charge in [0.2, 0.25) is 10.0 Å². The molecule has 30 heavy (non-hydrogen) atoms. The standard InChI is InChI=1S/C18H19FN6O4S/c1-11-17(30(27,28)24-7-3-4-8-24)10-16(29-11)18(26)20-15-9-13(5-6-14(15)19)25-12(2)21-22-23-25/h5-6,9-10H,3-4,7-8H2,1-2H3,(H,20,26). The zero-order chi connectivity index (χ0) is 21.5. The molecule has 0 atom stereocenters. The Morgan fingerprint density at radius 3 is 2.60 bits per heavy atom. The zero-order valence-electron chi connectivity index (χ0n) is 16.3. The predicted octanol–water partition coefficient (Wildman–Crippen LogP) is 2.05. The third-order valence-corrected chi connectivity index (χ3v) is 6.85. The van der Waals surface area contributed by atoms with Crippen molar-refractivity contribution in [2.75, 3.05) is 18.4 Å². The van der Waals surface area contributed by atoms with E-state index < -0.39 is 21.7 Å². The van der Waals surface area contributed by atoms with Crippen molar-refractivity contribution in [1.29, 1.82) is 0 Å². The van der Waals surface area contributed by atoms with Crippen molar-refractivity contribution in [1.82, 2.24) is 24.5 Å². The van der Waals surface area contributed by atoms with Gasteiger partial charge in [0, 0.05) is 19.2 Å². The van der Waals surface area contributed by atoms with Crippen molar-refractivity contribution in [3.05, 3.63) is 47.4 Å². The highest BCUT2D eigenvalue weighted by Gasteiger charge is 2.31. The first-order valence-corrected chi connectivity index (χ1v) is 10.7. The highest BCUT2D eigenvalue weighted by atomic mass is 32.2. The van der Waals surface area contributed by atoms with Crippen LogP contribution in [0.25, 0.3) is 5.69 Å². The van der Waals surface area contributed by atoms with Gasteiger partial charge in [-0.3, -0.25) is 4.79 Å². The minimum atomic E-state index is -3.74. The van der Waals surface area contributed by atoms with E-state index in [1.54, 1.807) is 6.92 Å². The number of anilines is 1. The third-order valence-electron chi connectivity index (χ3n) is 4.85. The number of carbonyl (C=O) groups is 1. The average molecular weight is 434 g/mol. The summed E-state index contributed by atoms with van der Waals surface area (Å²) in [6.45, 7) is 4.02. The molecule has 0 saturated carbocycles. The maximum absolute atomic E-state index is 14.3. The van der Waals surface area contributed by atoms with Gasteiger partial charge in [0.15, 0.2) is 11.6 Å².